The van der Waals surface area contributed by atoms with Crippen molar-refractivity contribution in [1.82, 2.24) is 20.0 Å². The molecule has 1 aliphatic heterocycles. The highest BCUT2D eigenvalue weighted by molar-refractivity contribution is 14.0. The molecule has 1 aromatic heterocycles. The molecule has 0 saturated carbocycles. The van der Waals surface area contributed by atoms with Gasteiger partial charge in [0.2, 0.25) is 0 Å². The van der Waals surface area contributed by atoms with Gasteiger partial charge in [-0.15, -0.1) is 24.0 Å². The van der Waals surface area contributed by atoms with E-state index in [0.29, 0.717) is 12.5 Å². The Balaban J connectivity index is 0.00000243. The van der Waals surface area contributed by atoms with E-state index in [2.05, 4.69) is 32.4 Å². The van der Waals surface area contributed by atoms with Crippen molar-refractivity contribution in [3.05, 3.63) is 53.9 Å². The van der Waals surface area contributed by atoms with Crippen LogP contribution in [-0.2, 0) is 24.9 Å². The van der Waals surface area contributed by atoms with E-state index in [1.54, 1.807) is 0 Å². The number of nitrogens with one attached hydrogen (secondary N) is 1. The quantitative estimate of drug-likeness (QED) is 0.402. The van der Waals surface area contributed by atoms with Crippen LogP contribution in [0.15, 0.2) is 47.6 Å². The van der Waals surface area contributed by atoms with Gasteiger partial charge in [0.1, 0.15) is 0 Å². The molecule has 6 nitrogen and oxygen atoms in total. The molecule has 1 N–H and O–H groups in total. The van der Waals surface area contributed by atoms with Crippen molar-refractivity contribution in [2.45, 2.75) is 19.6 Å². The molecule has 26 heavy (non-hydrogen) atoms. The monoisotopic (exact) mass is 469 g/mol. The minimum atomic E-state index is 0. The second-order valence-electron chi connectivity index (χ2n) is 6.45. The summed E-state index contributed by atoms with van der Waals surface area (Å²) < 4.78 is 7.78. The molecule has 1 atom stereocenters. The number of ether oxygens (including phenoxy) is 1. The number of likely N-dealkylation sites (tertiary alicyclic amines) is 1. The smallest absolute Gasteiger partial charge is 0.193 e. The topological polar surface area (TPSA) is 54.7 Å². The fourth-order valence-electron chi connectivity index (χ4n) is 3.16. The summed E-state index contributed by atoms with van der Waals surface area (Å²) in [6.45, 7) is 4.22. The third-order valence-corrected chi connectivity index (χ3v) is 4.61. The molecule has 3 rings (SSSR count). The first-order valence-electron chi connectivity index (χ1n) is 8.80. The Labute approximate surface area is 172 Å². The summed E-state index contributed by atoms with van der Waals surface area (Å²) in [6.07, 6.45) is 2.96. The maximum atomic E-state index is 5.90. The lowest BCUT2D eigenvalue weighted by atomic mass is 10.1. The first-order valence-corrected chi connectivity index (χ1v) is 8.80. The second kappa shape index (κ2) is 10.5. The van der Waals surface area contributed by atoms with Gasteiger partial charge in [0, 0.05) is 39.3 Å². The van der Waals surface area contributed by atoms with Crippen LogP contribution >= 0.6 is 24.0 Å². The maximum absolute atomic E-state index is 5.90. The van der Waals surface area contributed by atoms with Crippen LogP contribution < -0.4 is 5.32 Å². The van der Waals surface area contributed by atoms with Gasteiger partial charge in [-0.3, -0.25) is 9.67 Å². The summed E-state index contributed by atoms with van der Waals surface area (Å²) >= 11 is 0. The number of aromatic nitrogens is 2. The van der Waals surface area contributed by atoms with E-state index in [-0.39, 0.29) is 24.0 Å². The Morgan fingerprint density at radius 2 is 2.12 bits per heavy atom. The molecule has 1 unspecified atom stereocenters. The average molecular weight is 469 g/mol. The summed E-state index contributed by atoms with van der Waals surface area (Å²) in [5, 5.41) is 7.63. The van der Waals surface area contributed by atoms with E-state index in [9.17, 15) is 0 Å². The molecule has 1 saturated heterocycles. The van der Waals surface area contributed by atoms with Gasteiger partial charge in [-0.05, 0) is 18.1 Å². The number of hydrogen-bond donors (Lipinski definition) is 1. The summed E-state index contributed by atoms with van der Waals surface area (Å²) in [5.74, 6) is 1.51. The van der Waals surface area contributed by atoms with Crippen LogP contribution in [0.1, 0.15) is 17.7 Å². The van der Waals surface area contributed by atoms with Crippen LogP contribution in [0, 0.1) is 5.92 Å². The van der Waals surface area contributed by atoms with Gasteiger partial charge in [0.25, 0.3) is 0 Å². The fraction of sp³-hybridized carbons (Fsp3) is 0.474. The Morgan fingerprint density at radius 1 is 1.31 bits per heavy atom. The van der Waals surface area contributed by atoms with E-state index in [1.165, 1.54) is 5.56 Å². The molecule has 0 spiro atoms. The van der Waals surface area contributed by atoms with E-state index in [4.69, 9.17) is 4.74 Å². The Bertz CT molecular complexity index is 688. The molecule has 0 amide bonds. The van der Waals surface area contributed by atoms with Crippen molar-refractivity contribution in [1.29, 1.82) is 0 Å². The van der Waals surface area contributed by atoms with E-state index < -0.39 is 0 Å². The zero-order chi connectivity index (χ0) is 17.5. The molecule has 0 radical (unpaired) electrons. The Kier molecular flexibility index (Phi) is 8.37. The van der Waals surface area contributed by atoms with Gasteiger partial charge in [-0.1, -0.05) is 30.3 Å². The third kappa shape index (κ3) is 5.70. The highest BCUT2D eigenvalue weighted by Gasteiger charge is 2.25. The van der Waals surface area contributed by atoms with Crippen molar-refractivity contribution >= 4 is 29.9 Å². The summed E-state index contributed by atoms with van der Waals surface area (Å²) in [5.41, 5.74) is 2.37. The van der Waals surface area contributed by atoms with Crippen molar-refractivity contribution in [2.75, 3.05) is 26.7 Å². The second-order valence-corrected chi connectivity index (χ2v) is 6.45. The van der Waals surface area contributed by atoms with Crippen molar-refractivity contribution in [3.8, 4) is 0 Å². The van der Waals surface area contributed by atoms with Crippen LogP contribution in [0.25, 0.3) is 0 Å². The molecule has 1 fully saturated rings. The zero-order valence-corrected chi connectivity index (χ0v) is 17.8. The van der Waals surface area contributed by atoms with Crippen LogP contribution in [0.3, 0.4) is 0 Å². The predicted molar refractivity (Wildman–Crippen MR) is 115 cm³/mol. The molecule has 2 aromatic rings. The number of guanidine groups is 1. The Morgan fingerprint density at radius 3 is 2.81 bits per heavy atom. The molecule has 2 heterocycles. The first-order chi connectivity index (χ1) is 12.3. The summed E-state index contributed by atoms with van der Waals surface area (Å²) in [4.78, 5) is 6.73. The van der Waals surface area contributed by atoms with Gasteiger partial charge in [0.15, 0.2) is 5.96 Å². The minimum Gasteiger partial charge on any atom is -0.376 e. The lowest BCUT2D eigenvalue weighted by molar-refractivity contribution is 0.0906. The largest absolute Gasteiger partial charge is 0.376 e. The van der Waals surface area contributed by atoms with Crippen LogP contribution in [0.2, 0.25) is 0 Å². The molecule has 0 aliphatic carbocycles. The van der Waals surface area contributed by atoms with Crippen molar-refractivity contribution in [2.24, 2.45) is 18.0 Å². The molecular formula is C19H28IN5O. The molecule has 1 aliphatic rings. The number of aliphatic imine (C=N–C) groups is 1. The van der Waals surface area contributed by atoms with Gasteiger partial charge >= 0.3 is 0 Å². The summed E-state index contributed by atoms with van der Waals surface area (Å²) in [7, 11) is 3.79. The summed E-state index contributed by atoms with van der Waals surface area (Å²) in [6, 6.07) is 12.4. The van der Waals surface area contributed by atoms with E-state index >= 15 is 0 Å². The molecule has 7 heteroatoms. The van der Waals surface area contributed by atoms with Crippen molar-refractivity contribution < 1.29 is 4.74 Å². The maximum Gasteiger partial charge on any atom is 0.193 e. The van der Waals surface area contributed by atoms with Crippen LogP contribution in [-0.4, -0.2) is 47.4 Å². The number of hydrogen-bond acceptors (Lipinski definition) is 3. The highest BCUT2D eigenvalue weighted by atomic mass is 127. The first kappa shape index (κ1) is 20.7. The number of rotatable bonds is 6. The lowest BCUT2D eigenvalue weighted by Gasteiger charge is -2.21. The number of benzene rings is 1. The van der Waals surface area contributed by atoms with Gasteiger partial charge in [0.05, 0.1) is 25.5 Å². The van der Waals surface area contributed by atoms with Crippen LogP contribution in [0.4, 0.5) is 0 Å². The third-order valence-electron chi connectivity index (χ3n) is 4.61. The van der Waals surface area contributed by atoms with E-state index in [0.717, 1.165) is 44.3 Å². The standard InChI is InChI=1S/C19H27N5O.HI/c1-20-19(21-12-18-8-10-22-23(18)2)24-11-9-17(13-24)15-25-14-16-6-4-3-5-7-16;/h3-8,10,17H,9,11-15H2,1-2H3,(H,20,21);1H. The normalized spacial score (nSPS) is 17.2. The zero-order valence-electron chi connectivity index (χ0n) is 15.5. The Hall–Kier alpha value is -1.61. The lowest BCUT2D eigenvalue weighted by Crippen LogP contribution is -2.40. The average Bonchev–Trinajstić information content (AvgIpc) is 3.26. The highest BCUT2D eigenvalue weighted by Crippen LogP contribution is 2.17. The van der Waals surface area contributed by atoms with Gasteiger partial charge in [-0.25, -0.2) is 0 Å². The molecule has 0 bridgehead atoms. The molecule has 142 valence electrons. The van der Waals surface area contributed by atoms with Crippen LogP contribution in [0.5, 0.6) is 0 Å². The number of aryl methyl sites for hydroxylation is 1. The van der Waals surface area contributed by atoms with Gasteiger partial charge in [-0.2, -0.15) is 5.10 Å². The fourth-order valence-corrected chi connectivity index (χ4v) is 3.16. The molecule has 1 aromatic carbocycles. The molecular weight excluding hydrogens is 441 g/mol. The van der Waals surface area contributed by atoms with Gasteiger partial charge < -0.3 is 15.0 Å². The number of halogens is 1. The number of nitrogens with zero attached hydrogens (tertiary/aromatic N) is 4. The minimum absolute atomic E-state index is 0. The SMILES string of the molecule is CN=C(NCc1ccnn1C)N1CCC(COCc2ccccc2)C1.I. The predicted octanol–water partition coefficient (Wildman–Crippen LogP) is 2.65. The van der Waals surface area contributed by atoms with Crippen molar-refractivity contribution in [3.63, 3.8) is 0 Å². The van der Waals surface area contributed by atoms with E-state index in [1.807, 2.05) is 49.2 Å².